The first-order valence-electron chi connectivity index (χ1n) is 6.27. The van der Waals surface area contributed by atoms with Gasteiger partial charge in [-0.05, 0) is 25.0 Å². The predicted octanol–water partition coefficient (Wildman–Crippen LogP) is 2.48. The summed E-state index contributed by atoms with van der Waals surface area (Å²) in [4.78, 5) is 19.3. The lowest BCUT2D eigenvalue weighted by Gasteiger charge is -2.20. The summed E-state index contributed by atoms with van der Waals surface area (Å²) in [5.41, 5.74) is 0.578. The van der Waals surface area contributed by atoms with Crippen LogP contribution in [0.3, 0.4) is 0 Å². The quantitative estimate of drug-likeness (QED) is 0.778. The number of aldehydes is 1. The Morgan fingerprint density at radius 1 is 1.32 bits per heavy atom. The van der Waals surface area contributed by atoms with Crippen molar-refractivity contribution < 1.29 is 13.9 Å². The van der Waals surface area contributed by atoms with Crippen molar-refractivity contribution in [3.63, 3.8) is 0 Å². The molecule has 0 bridgehead atoms. The number of rotatable bonds is 2. The fourth-order valence-electron chi connectivity index (χ4n) is 2.36. The first-order valence-corrected chi connectivity index (χ1v) is 6.27. The highest BCUT2D eigenvalue weighted by Crippen LogP contribution is 2.26. The number of halogens is 1. The maximum atomic E-state index is 13.9. The van der Waals surface area contributed by atoms with E-state index in [1.54, 1.807) is 12.3 Å². The maximum absolute atomic E-state index is 13.9. The third-order valence-electron chi connectivity index (χ3n) is 3.40. The Morgan fingerprint density at radius 3 is 2.84 bits per heavy atom. The third kappa shape index (κ3) is 2.33. The minimum Gasteiger partial charge on any atom is -0.381 e. The molecular formula is C14H13FN2O2. The van der Waals surface area contributed by atoms with Gasteiger partial charge in [-0.3, -0.25) is 4.79 Å². The van der Waals surface area contributed by atoms with Crippen LogP contribution in [0.5, 0.6) is 0 Å². The molecule has 19 heavy (non-hydrogen) atoms. The topological polar surface area (TPSA) is 52.1 Å². The van der Waals surface area contributed by atoms with Crippen LogP contribution in [0.1, 0.15) is 34.9 Å². The lowest BCUT2D eigenvalue weighted by atomic mass is 9.99. The summed E-state index contributed by atoms with van der Waals surface area (Å²) in [6.07, 6.45) is 3.93. The molecule has 2 aromatic rings. The van der Waals surface area contributed by atoms with E-state index in [4.69, 9.17) is 4.74 Å². The Kier molecular flexibility index (Phi) is 3.21. The molecule has 4 nitrogen and oxygen atoms in total. The molecule has 0 amide bonds. The number of aromatic nitrogens is 2. The summed E-state index contributed by atoms with van der Waals surface area (Å²) in [6.45, 7) is 1.39. The molecule has 3 rings (SSSR count). The van der Waals surface area contributed by atoms with E-state index in [2.05, 4.69) is 9.97 Å². The van der Waals surface area contributed by atoms with Crippen LogP contribution in [0.2, 0.25) is 0 Å². The summed E-state index contributed by atoms with van der Waals surface area (Å²) >= 11 is 0. The van der Waals surface area contributed by atoms with E-state index in [0.717, 1.165) is 12.8 Å². The Bertz CT molecular complexity index is 624. The first kappa shape index (κ1) is 12.2. The van der Waals surface area contributed by atoms with Crippen molar-refractivity contribution >= 4 is 17.2 Å². The molecule has 0 N–H and O–H groups in total. The monoisotopic (exact) mass is 260 g/mol. The zero-order valence-corrected chi connectivity index (χ0v) is 10.3. The molecule has 1 aliphatic heterocycles. The Hall–Kier alpha value is -1.88. The molecule has 0 unspecified atom stereocenters. The van der Waals surface area contributed by atoms with Crippen molar-refractivity contribution in [2.24, 2.45) is 0 Å². The van der Waals surface area contributed by atoms with Crippen LogP contribution in [0, 0.1) is 5.82 Å². The second-order valence-electron chi connectivity index (χ2n) is 4.67. The van der Waals surface area contributed by atoms with E-state index in [1.807, 2.05) is 0 Å². The van der Waals surface area contributed by atoms with Gasteiger partial charge in [0.15, 0.2) is 0 Å². The van der Waals surface area contributed by atoms with E-state index < -0.39 is 5.82 Å². The Balaban J connectivity index is 2.05. The Morgan fingerprint density at radius 2 is 2.11 bits per heavy atom. The number of carbonyl (C=O) groups excluding carboxylic acids is 1. The lowest BCUT2D eigenvalue weighted by Crippen LogP contribution is -2.16. The number of fused-ring (bicyclic) bond motifs is 1. The average molecular weight is 260 g/mol. The first-order chi connectivity index (χ1) is 9.28. The second-order valence-corrected chi connectivity index (χ2v) is 4.67. The minimum atomic E-state index is -0.477. The van der Waals surface area contributed by atoms with E-state index in [-0.39, 0.29) is 11.4 Å². The second kappa shape index (κ2) is 5.01. The Labute approximate surface area is 109 Å². The molecule has 1 aromatic carbocycles. The number of carbonyl (C=O) groups is 1. The van der Waals surface area contributed by atoms with E-state index >= 15 is 0 Å². The van der Waals surface area contributed by atoms with Crippen molar-refractivity contribution in [3.8, 4) is 0 Å². The largest absolute Gasteiger partial charge is 0.381 e. The summed E-state index contributed by atoms with van der Waals surface area (Å²) < 4.78 is 19.2. The highest BCUT2D eigenvalue weighted by Gasteiger charge is 2.19. The molecule has 0 saturated carbocycles. The average Bonchev–Trinajstić information content (AvgIpc) is 2.47. The molecule has 0 aliphatic carbocycles. The normalized spacial score (nSPS) is 16.7. The van der Waals surface area contributed by atoms with Crippen molar-refractivity contribution in [3.05, 3.63) is 35.5 Å². The van der Waals surface area contributed by atoms with Gasteiger partial charge < -0.3 is 4.74 Å². The van der Waals surface area contributed by atoms with Crippen molar-refractivity contribution in [1.29, 1.82) is 0 Å². The molecule has 1 aromatic heterocycles. The van der Waals surface area contributed by atoms with Crippen LogP contribution in [0.15, 0.2) is 18.3 Å². The van der Waals surface area contributed by atoms with Gasteiger partial charge in [-0.25, -0.2) is 14.4 Å². The summed E-state index contributed by atoms with van der Waals surface area (Å²) in [5.74, 6) is 0.409. The molecular weight excluding hydrogens is 247 g/mol. The van der Waals surface area contributed by atoms with Crippen LogP contribution in [0.4, 0.5) is 4.39 Å². The number of hydrogen-bond donors (Lipinski definition) is 0. The van der Waals surface area contributed by atoms with E-state index in [0.29, 0.717) is 36.3 Å². The zero-order valence-electron chi connectivity index (χ0n) is 10.3. The van der Waals surface area contributed by atoms with Crippen molar-refractivity contribution in [1.82, 2.24) is 9.97 Å². The highest BCUT2D eigenvalue weighted by molar-refractivity contribution is 5.86. The molecule has 1 fully saturated rings. The molecule has 1 aliphatic rings. The standard InChI is InChI=1S/C14H13FN2O2/c15-12-6-9(8-18)5-11-7-16-14(17-13(11)12)10-1-3-19-4-2-10/h5-8,10H,1-4H2. The maximum Gasteiger partial charge on any atom is 0.150 e. The fourth-order valence-corrected chi connectivity index (χ4v) is 2.36. The molecule has 0 spiro atoms. The van der Waals surface area contributed by atoms with Gasteiger partial charge in [-0.2, -0.15) is 0 Å². The van der Waals surface area contributed by atoms with E-state index in [9.17, 15) is 9.18 Å². The van der Waals surface area contributed by atoms with Crippen LogP contribution in [-0.2, 0) is 4.74 Å². The van der Waals surface area contributed by atoms with Gasteiger partial charge in [0.25, 0.3) is 0 Å². The molecule has 1 saturated heterocycles. The minimum absolute atomic E-state index is 0.225. The third-order valence-corrected chi connectivity index (χ3v) is 3.40. The molecule has 0 atom stereocenters. The predicted molar refractivity (Wildman–Crippen MR) is 67.7 cm³/mol. The van der Waals surface area contributed by atoms with Crippen LogP contribution in [0.25, 0.3) is 10.9 Å². The zero-order chi connectivity index (χ0) is 13.2. The smallest absolute Gasteiger partial charge is 0.150 e. The van der Waals surface area contributed by atoms with Gasteiger partial charge in [0, 0.05) is 36.3 Å². The fraction of sp³-hybridized carbons (Fsp3) is 0.357. The van der Waals surface area contributed by atoms with Gasteiger partial charge in [-0.15, -0.1) is 0 Å². The molecule has 2 heterocycles. The van der Waals surface area contributed by atoms with Crippen LogP contribution >= 0.6 is 0 Å². The number of ether oxygens (including phenoxy) is 1. The van der Waals surface area contributed by atoms with Crippen molar-refractivity contribution in [2.75, 3.05) is 13.2 Å². The van der Waals surface area contributed by atoms with Gasteiger partial charge in [0.1, 0.15) is 23.4 Å². The van der Waals surface area contributed by atoms with Gasteiger partial charge >= 0.3 is 0 Å². The number of benzene rings is 1. The molecule has 0 radical (unpaired) electrons. The van der Waals surface area contributed by atoms with Crippen LogP contribution in [-0.4, -0.2) is 29.5 Å². The summed E-state index contributed by atoms with van der Waals surface area (Å²) in [5, 5.41) is 0.554. The van der Waals surface area contributed by atoms with Gasteiger partial charge in [0.2, 0.25) is 0 Å². The summed E-state index contributed by atoms with van der Waals surface area (Å²) in [6, 6.07) is 2.80. The molecule has 98 valence electrons. The van der Waals surface area contributed by atoms with Gasteiger partial charge in [-0.1, -0.05) is 0 Å². The van der Waals surface area contributed by atoms with Gasteiger partial charge in [0.05, 0.1) is 0 Å². The lowest BCUT2D eigenvalue weighted by molar-refractivity contribution is 0.0836. The molecule has 5 heteroatoms. The van der Waals surface area contributed by atoms with Crippen molar-refractivity contribution in [2.45, 2.75) is 18.8 Å². The van der Waals surface area contributed by atoms with E-state index in [1.165, 1.54) is 6.07 Å². The number of nitrogens with zero attached hydrogens (tertiary/aromatic N) is 2. The SMILES string of the molecule is O=Cc1cc(F)c2nc(C3CCOCC3)ncc2c1. The number of hydrogen-bond acceptors (Lipinski definition) is 4. The summed E-state index contributed by atoms with van der Waals surface area (Å²) in [7, 11) is 0. The highest BCUT2D eigenvalue weighted by atomic mass is 19.1. The van der Waals surface area contributed by atoms with Crippen LogP contribution < -0.4 is 0 Å².